The Morgan fingerprint density at radius 3 is 2.72 bits per heavy atom. The predicted octanol–water partition coefficient (Wildman–Crippen LogP) is -0.386. The van der Waals surface area contributed by atoms with E-state index in [-0.39, 0.29) is 19.1 Å². The fourth-order valence-corrected chi connectivity index (χ4v) is 2.21. The van der Waals surface area contributed by atoms with Crippen LogP contribution in [0.1, 0.15) is 6.42 Å². The summed E-state index contributed by atoms with van der Waals surface area (Å²) in [5.74, 6) is -0.908. The molecule has 2 fully saturated rings. The quantitative estimate of drug-likeness (QED) is 0.723. The molecule has 0 aromatic carbocycles. The molecule has 0 saturated carbocycles. The minimum Gasteiger partial charge on any atom is -0.481 e. The van der Waals surface area contributed by atoms with E-state index in [0.29, 0.717) is 19.8 Å². The van der Waals surface area contributed by atoms with Gasteiger partial charge in [-0.15, -0.1) is 0 Å². The molecule has 0 radical (unpaired) electrons. The summed E-state index contributed by atoms with van der Waals surface area (Å²) in [7, 11) is 0. The maximum absolute atomic E-state index is 11.5. The van der Waals surface area contributed by atoms with Crippen molar-refractivity contribution in [1.29, 1.82) is 0 Å². The van der Waals surface area contributed by atoms with Crippen molar-refractivity contribution in [3.63, 3.8) is 0 Å². The smallest absolute Gasteiger partial charge is 0.410 e. The molecule has 1 unspecified atom stereocenters. The molecule has 1 atom stereocenters. The van der Waals surface area contributed by atoms with E-state index in [1.54, 1.807) is 0 Å². The Hall–Kier alpha value is -1.34. The zero-order valence-electron chi connectivity index (χ0n) is 10.2. The van der Waals surface area contributed by atoms with E-state index in [9.17, 15) is 9.59 Å². The van der Waals surface area contributed by atoms with Gasteiger partial charge in [-0.1, -0.05) is 0 Å². The van der Waals surface area contributed by atoms with Crippen molar-refractivity contribution >= 4 is 12.1 Å². The van der Waals surface area contributed by atoms with Crippen molar-refractivity contribution in [2.75, 3.05) is 46.0 Å². The first-order valence-electron chi connectivity index (χ1n) is 6.12. The van der Waals surface area contributed by atoms with E-state index < -0.39 is 12.1 Å². The monoisotopic (exact) mass is 258 g/mol. The zero-order chi connectivity index (χ0) is 13.0. The molecule has 7 nitrogen and oxygen atoms in total. The van der Waals surface area contributed by atoms with Crippen LogP contribution in [-0.2, 0) is 14.3 Å². The van der Waals surface area contributed by atoms with Gasteiger partial charge in [-0.2, -0.15) is 0 Å². The highest BCUT2D eigenvalue weighted by Crippen LogP contribution is 2.15. The van der Waals surface area contributed by atoms with E-state index in [1.165, 1.54) is 4.90 Å². The number of carbonyl (C=O) groups is 2. The van der Waals surface area contributed by atoms with Crippen LogP contribution in [0.25, 0.3) is 0 Å². The van der Waals surface area contributed by atoms with Crippen LogP contribution >= 0.6 is 0 Å². The second-order valence-electron chi connectivity index (χ2n) is 4.48. The topological polar surface area (TPSA) is 79.3 Å². The lowest BCUT2D eigenvalue weighted by molar-refractivity contribution is -0.138. The summed E-state index contributed by atoms with van der Waals surface area (Å²) in [6.07, 6.45) is -0.469. The highest BCUT2D eigenvalue weighted by molar-refractivity contribution is 5.73. The molecule has 0 spiro atoms. The summed E-state index contributed by atoms with van der Waals surface area (Å²) in [5.41, 5.74) is 0. The van der Waals surface area contributed by atoms with Crippen LogP contribution in [0, 0.1) is 0 Å². The Kier molecular flexibility index (Phi) is 4.38. The average Bonchev–Trinajstić information content (AvgIpc) is 2.68. The highest BCUT2D eigenvalue weighted by atomic mass is 16.6. The van der Waals surface area contributed by atoms with E-state index in [0.717, 1.165) is 19.6 Å². The molecule has 0 aliphatic carbocycles. The maximum atomic E-state index is 11.5. The van der Waals surface area contributed by atoms with Gasteiger partial charge in [0, 0.05) is 26.2 Å². The van der Waals surface area contributed by atoms with Crippen molar-refractivity contribution in [3.8, 4) is 0 Å². The standard InChI is InChI=1S/C11H18N2O5/c14-10(15)7-9-8-18-11(16)13(9)2-1-12-3-5-17-6-4-12/h9H,1-8H2,(H,14,15). The molecule has 0 aromatic rings. The van der Waals surface area contributed by atoms with Crippen LogP contribution in [0.4, 0.5) is 4.79 Å². The van der Waals surface area contributed by atoms with Crippen LogP contribution in [0.2, 0.25) is 0 Å². The number of carboxylic acid groups (broad SMARTS) is 1. The second-order valence-corrected chi connectivity index (χ2v) is 4.48. The van der Waals surface area contributed by atoms with Crippen LogP contribution in [0.15, 0.2) is 0 Å². The van der Waals surface area contributed by atoms with Gasteiger partial charge < -0.3 is 14.6 Å². The Bertz CT molecular complexity index is 317. The van der Waals surface area contributed by atoms with Gasteiger partial charge in [0.2, 0.25) is 0 Å². The number of morpholine rings is 1. The maximum Gasteiger partial charge on any atom is 0.410 e. The number of aliphatic carboxylic acids is 1. The number of amides is 1. The van der Waals surface area contributed by atoms with Crippen LogP contribution in [0.3, 0.4) is 0 Å². The lowest BCUT2D eigenvalue weighted by Gasteiger charge is -2.29. The van der Waals surface area contributed by atoms with Gasteiger partial charge in [0.15, 0.2) is 0 Å². The molecule has 102 valence electrons. The fourth-order valence-electron chi connectivity index (χ4n) is 2.21. The van der Waals surface area contributed by atoms with Crippen molar-refractivity contribution in [1.82, 2.24) is 9.80 Å². The minimum atomic E-state index is -0.908. The van der Waals surface area contributed by atoms with Crippen molar-refractivity contribution in [3.05, 3.63) is 0 Å². The first-order valence-corrected chi connectivity index (χ1v) is 6.12. The number of carboxylic acids is 1. The van der Waals surface area contributed by atoms with Crippen molar-refractivity contribution in [2.24, 2.45) is 0 Å². The summed E-state index contributed by atoms with van der Waals surface area (Å²) in [6.45, 7) is 4.55. The van der Waals surface area contributed by atoms with E-state index >= 15 is 0 Å². The second kappa shape index (κ2) is 6.01. The summed E-state index contributed by atoms with van der Waals surface area (Å²) >= 11 is 0. The number of hydrogen-bond acceptors (Lipinski definition) is 5. The lowest BCUT2D eigenvalue weighted by Crippen LogP contribution is -2.44. The molecule has 2 rings (SSSR count). The molecule has 2 saturated heterocycles. The van der Waals surface area contributed by atoms with E-state index in [4.69, 9.17) is 14.6 Å². The molecule has 2 aliphatic heterocycles. The molecule has 1 N–H and O–H groups in total. The summed E-state index contributed by atoms with van der Waals surface area (Å²) in [4.78, 5) is 25.9. The van der Waals surface area contributed by atoms with Crippen LogP contribution in [0.5, 0.6) is 0 Å². The first kappa shape index (κ1) is 13.1. The molecular weight excluding hydrogens is 240 g/mol. The van der Waals surface area contributed by atoms with Gasteiger partial charge in [0.1, 0.15) is 6.61 Å². The van der Waals surface area contributed by atoms with Gasteiger partial charge >= 0.3 is 12.1 Å². The first-order chi connectivity index (χ1) is 8.66. The predicted molar refractivity (Wildman–Crippen MR) is 61.4 cm³/mol. The molecule has 18 heavy (non-hydrogen) atoms. The Labute approximate surface area is 105 Å². The van der Waals surface area contributed by atoms with E-state index in [1.807, 2.05) is 0 Å². The zero-order valence-corrected chi connectivity index (χ0v) is 10.2. The number of rotatable bonds is 5. The molecular formula is C11H18N2O5. The van der Waals surface area contributed by atoms with Crippen LogP contribution < -0.4 is 0 Å². The van der Waals surface area contributed by atoms with Gasteiger partial charge in [-0.05, 0) is 0 Å². The Balaban J connectivity index is 1.81. The van der Waals surface area contributed by atoms with Gasteiger partial charge in [-0.25, -0.2) is 4.79 Å². The Morgan fingerprint density at radius 1 is 1.33 bits per heavy atom. The third-order valence-electron chi connectivity index (χ3n) is 3.25. The van der Waals surface area contributed by atoms with Crippen molar-refractivity contribution in [2.45, 2.75) is 12.5 Å². The summed E-state index contributed by atoms with van der Waals surface area (Å²) < 4.78 is 10.1. The largest absolute Gasteiger partial charge is 0.481 e. The lowest BCUT2D eigenvalue weighted by atomic mass is 10.2. The van der Waals surface area contributed by atoms with Gasteiger partial charge in [0.05, 0.1) is 25.7 Å². The Morgan fingerprint density at radius 2 is 2.06 bits per heavy atom. The molecule has 0 bridgehead atoms. The number of nitrogens with zero attached hydrogens (tertiary/aromatic N) is 2. The normalized spacial score (nSPS) is 25.2. The van der Waals surface area contributed by atoms with Gasteiger partial charge in [0.25, 0.3) is 0 Å². The summed E-state index contributed by atoms with van der Waals surface area (Å²) in [5, 5.41) is 8.77. The van der Waals surface area contributed by atoms with E-state index in [2.05, 4.69) is 4.90 Å². The molecule has 2 aliphatic rings. The van der Waals surface area contributed by atoms with Crippen LogP contribution in [-0.4, -0.2) is 79.0 Å². The molecule has 0 aromatic heterocycles. The van der Waals surface area contributed by atoms with Crippen molar-refractivity contribution < 1.29 is 24.2 Å². The number of hydrogen-bond donors (Lipinski definition) is 1. The SMILES string of the molecule is O=C(O)CC1COC(=O)N1CCN1CCOCC1. The number of cyclic esters (lactones) is 1. The van der Waals surface area contributed by atoms with Gasteiger partial charge in [-0.3, -0.25) is 14.6 Å². The highest BCUT2D eigenvalue weighted by Gasteiger charge is 2.34. The summed E-state index contributed by atoms with van der Waals surface area (Å²) in [6, 6.07) is -0.337. The average molecular weight is 258 g/mol. The third kappa shape index (κ3) is 3.33. The fraction of sp³-hybridized carbons (Fsp3) is 0.818. The number of ether oxygens (including phenoxy) is 2. The molecule has 7 heteroatoms. The molecule has 1 amide bonds. The molecule has 2 heterocycles. The minimum absolute atomic E-state index is 0.0607. The third-order valence-corrected chi connectivity index (χ3v) is 3.25. The number of carbonyl (C=O) groups excluding carboxylic acids is 1.